The third kappa shape index (κ3) is 4.03. The molecule has 1 aromatic carbocycles. The van der Waals surface area contributed by atoms with Gasteiger partial charge in [0.2, 0.25) is 0 Å². The standard InChI is InChI=1S/C19H21NO3S/c1-13(18(21)20-11-10-14-6-3-2-4-7-14)23-19(22)17-12-15-8-5-9-16(15)24-17/h2-4,6-7,12-13H,5,8-11H2,1H3,(H,20,21)/t13-/m1/s1. The lowest BCUT2D eigenvalue weighted by atomic mass is 10.1. The highest BCUT2D eigenvalue weighted by Crippen LogP contribution is 2.31. The van der Waals surface area contributed by atoms with Crippen LogP contribution in [0.1, 0.15) is 39.0 Å². The first-order valence-electron chi connectivity index (χ1n) is 8.27. The summed E-state index contributed by atoms with van der Waals surface area (Å²) in [5.41, 5.74) is 2.42. The molecule has 5 heteroatoms. The first-order valence-corrected chi connectivity index (χ1v) is 9.09. The Kier molecular flexibility index (Phi) is 5.30. The smallest absolute Gasteiger partial charge is 0.349 e. The molecular formula is C19H21NO3S. The fourth-order valence-corrected chi connectivity index (χ4v) is 3.96. The minimum atomic E-state index is -0.787. The Bertz CT molecular complexity index is 702. The minimum Gasteiger partial charge on any atom is -0.448 e. The Morgan fingerprint density at radius 1 is 1.25 bits per heavy atom. The van der Waals surface area contributed by atoms with Crippen LogP contribution in [-0.2, 0) is 28.8 Å². The molecule has 4 nitrogen and oxygen atoms in total. The molecule has 0 bridgehead atoms. The Hall–Kier alpha value is -2.14. The summed E-state index contributed by atoms with van der Waals surface area (Å²) in [5, 5.41) is 2.81. The number of hydrogen-bond donors (Lipinski definition) is 1. The van der Waals surface area contributed by atoms with Crippen LogP contribution in [0.3, 0.4) is 0 Å². The van der Waals surface area contributed by atoms with Crippen molar-refractivity contribution in [2.75, 3.05) is 6.54 Å². The van der Waals surface area contributed by atoms with E-state index < -0.39 is 12.1 Å². The second-order valence-electron chi connectivity index (χ2n) is 5.99. The lowest BCUT2D eigenvalue weighted by Gasteiger charge is -2.13. The molecule has 0 fully saturated rings. The van der Waals surface area contributed by atoms with Crippen LogP contribution in [0.15, 0.2) is 36.4 Å². The first-order chi connectivity index (χ1) is 11.6. The number of esters is 1. The molecule has 126 valence electrons. The van der Waals surface area contributed by atoms with Crippen molar-refractivity contribution in [2.45, 2.75) is 38.7 Å². The maximum absolute atomic E-state index is 12.2. The zero-order valence-electron chi connectivity index (χ0n) is 13.7. The number of carbonyl (C=O) groups is 2. The van der Waals surface area contributed by atoms with E-state index in [0.29, 0.717) is 11.4 Å². The van der Waals surface area contributed by atoms with Gasteiger partial charge in [0.05, 0.1) is 0 Å². The van der Waals surface area contributed by atoms with Crippen molar-refractivity contribution in [3.63, 3.8) is 0 Å². The highest BCUT2D eigenvalue weighted by molar-refractivity contribution is 7.14. The van der Waals surface area contributed by atoms with Crippen molar-refractivity contribution in [2.24, 2.45) is 0 Å². The average Bonchev–Trinajstić information content (AvgIpc) is 3.17. The van der Waals surface area contributed by atoms with Crippen LogP contribution >= 0.6 is 11.3 Å². The molecule has 0 unspecified atom stereocenters. The van der Waals surface area contributed by atoms with Gasteiger partial charge in [-0.25, -0.2) is 4.79 Å². The van der Waals surface area contributed by atoms with Crippen molar-refractivity contribution in [3.05, 3.63) is 57.3 Å². The highest BCUT2D eigenvalue weighted by atomic mass is 32.1. The minimum absolute atomic E-state index is 0.261. The van der Waals surface area contributed by atoms with Gasteiger partial charge in [-0.3, -0.25) is 4.79 Å². The van der Waals surface area contributed by atoms with E-state index in [-0.39, 0.29) is 5.91 Å². The van der Waals surface area contributed by atoms with Gasteiger partial charge in [0.1, 0.15) is 4.88 Å². The van der Waals surface area contributed by atoms with Crippen molar-refractivity contribution in [1.82, 2.24) is 5.32 Å². The molecule has 0 saturated heterocycles. The van der Waals surface area contributed by atoms with Gasteiger partial charge in [-0.2, -0.15) is 0 Å². The van der Waals surface area contributed by atoms with Crippen molar-refractivity contribution in [3.8, 4) is 0 Å². The third-order valence-corrected chi connectivity index (χ3v) is 5.37. The number of ether oxygens (including phenoxy) is 1. The van der Waals surface area contributed by atoms with E-state index in [9.17, 15) is 9.59 Å². The molecule has 1 amide bonds. The molecule has 0 spiro atoms. The molecule has 1 heterocycles. The number of aryl methyl sites for hydroxylation is 2. The van der Waals surface area contributed by atoms with Gasteiger partial charge in [0, 0.05) is 11.4 Å². The van der Waals surface area contributed by atoms with Crippen LogP contribution in [0.5, 0.6) is 0 Å². The van der Waals surface area contributed by atoms with Gasteiger partial charge in [-0.15, -0.1) is 11.3 Å². The van der Waals surface area contributed by atoms with Gasteiger partial charge < -0.3 is 10.1 Å². The van der Waals surface area contributed by atoms with E-state index in [1.807, 2.05) is 36.4 Å². The second kappa shape index (κ2) is 7.62. The van der Waals surface area contributed by atoms with Crippen LogP contribution in [-0.4, -0.2) is 24.5 Å². The number of benzene rings is 1. The van der Waals surface area contributed by atoms with E-state index in [1.54, 1.807) is 6.92 Å². The zero-order chi connectivity index (χ0) is 16.9. The largest absolute Gasteiger partial charge is 0.448 e. The normalized spacial score (nSPS) is 14.0. The summed E-state index contributed by atoms with van der Waals surface area (Å²) in [6.07, 6.45) is 3.21. The molecule has 2 aromatic rings. The maximum atomic E-state index is 12.2. The van der Waals surface area contributed by atoms with E-state index in [2.05, 4.69) is 5.32 Å². The van der Waals surface area contributed by atoms with Gasteiger partial charge in [-0.1, -0.05) is 30.3 Å². The topological polar surface area (TPSA) is 55.4 Å². The monoisotopic (exact) mass is 343 g/mol. The zero-order valence-corrected chi connectivity index (χ0v) is 14.5. The summed E-state index contributed by atoms with van der Waals surface area (Å²) in [4.78, 5) is 26.1. The lowest BCUT2D eigenvalue weighted by molar-refractivity contribution is -0.129. The van der Waals surface area contributed by atoms with E-state index in [4.69, 9.17) is 4.74 Å². The molecule has 0 saturated carbocycles. The molecule has 24 heavy (non-hydrogen) atoms. The van der Waals surface area contributed by atoms with E-state index >= 15 is 0 Å². The third-order valence-electron chi connectivity index (χ3n) is 4.16. The van der Waals surface area contributed by atoms with Gasteiger partial charge in [-0.05, 0) is 49.8 Å². The van der Waals surface area contributed by atoms with Crippen molar-refractivity contribution in [1.29, 1.82) is 0 Å². The Balaban J connectivity index is 1.45. The summed E-state index contributed by atoms with van der Waals surface area (Å²) in [6, 6.07) is 11.9. The highest BCUT2D eigenvalue weighted by Gasteiger charge is 2.23. The predicted molar refractivity (Wildman–Crippen MR) is 94.4 cm³/mol. The SMILES string of the molecule is C[C@@H](OC(=O)c1cc2c(s1)CCC2)C(=O)NCCc1ccccc1. The molecule has 0 aliphatic heterocycles. The van der Waals surface area contributed by atoms with Crippen LogP contribution < -0.4 is 5.32 Å². The van der Waals surface area contributed by atoms with Crippen LogP contribution in [0.2, 0.25) is 0 Å². The first kappa shape index (κ1) is 16.7. The molecule has 1 N–H and O–H groups in total. The second-order valence-corrected chi connectivity index (χ2v) is 7.12. The summed E-state index contributed by atoms with van der Waals surface area (Å²) in [5.74, 6) is -0.663. The maximum Gasteiger partial charge on any atom is 0.349 e. The molecule has 3 rings (SSSR count). The molecule has 1 atom stereocenters. The number of nitrogens with one attached hydrogen (secondary N) is 1. The fourth-order valence-electron chi connectivity index (χ4n) is 2.82. The fraction of sp³-hybridized carbons (Fsp3) is 0.368. The number of hydrogen-bond acceptors (Lipinski definition) is 4. The molecular weight excluding hydrogens is 322 g/mol. The van der Waals surface area contributed by atoms with Gasteiger partial charge in [0.15, 0.2) is 6.10 Å². The summed E-state index contributed by atoms with van der Waals surface area (Å²) in [6.45, 7) is 2.13. The van der Waals surface area contributed by atoms with E-state index in [0.717, 1.165) is 31.2 Å². The number of amides is 1. The van der Waals surface area contributed by atoms with Gasteiger partial charge >= 0.3 is 5.97 Å². The predicted octanol–water partition coefficient (Wildman–Crippen LogP) is 3.14. The van der Waals surface area contributed by atoms with Gasteiger partial charge in [0.25, 0.3) is 5.91 Å². The molecule has 1 aromatic heterocycles. The molecule has 1 aliphatic rings. The number of rotatable bonds is 6. The van der Waals surface area contributed by atoms with E-state index in [1.165, 1.54) is 21.8 Å². The average molecular weight is 343 g/mol. The Morgan fingerprint density at radius 2 is 2.04 bits per heavy atom. The Labute approximate surface area is 145 Å². The van der Waals surface area contributed by atoms with Crippen LogP contribution in [0.4, 0.5) is 0 Å². The van der Waals surface area contributed by atoms with Crippen molar-refractivity contribution >= 4 is 23.2 Å². The number of carbonyl (C=O) groups excluding carboxylic acids is 2. The Morgan fingerprint density at radius 3 is 2.79 bits per heavy atom. The molecule has 1 aliphatic carbocycles. The van der Waals surface area contributed by atoms with Crippen molar-refractivity contribution < 1.29 is 14.3 Å². The number of thiophene rings is 1. The lowest BCUT2D eigenvalue weighted by Crippen LogP contribution is -2.36. The number of fused-ring (bicyclic) bond motifs is 1. The van der Waals surface area contributed by atoms with Crippen LogP contribution in [0, 0.1) is 0 Å². The summed E-state index contributed by atoms with van der Waals surface area (Å²) < 4.78 is 5.30. The summed E-state index contributed by atoms with van der Waals surface area (Å²) in [7, 11) is 0. The summed E-state index contributed by atoms with van der Waals surface area (Å²) >= 11 is 1.49. The van der Waals surface area contributed by atoms with Crippen LogP contribution in [0.25, 0.3) is 0 Å². The quantitative estimate of drug-likeness (QED) is 0.820. The molecule has 0 radical (unpaired) electrons.